The van der Waals surface area contributed by atoms with Gasteiger partial charge in [-0.25, -0.2) is 4.98 Å². The summed E-state index contributed by atoms with van der Waals surface area (Å²) in [7, 11) is 0. The molecule has 0 saturated carbocycles. The topological polar surface area (TPSA) is 107 Å². The molecule has 1 aromatic carbocycles. The van der Waals surface area contributed by atoms with E-state index in [1.54, 1.807) is 24.3 Å². The van der Waals surface area contributed by atoms with Gasteiger partial charge in [-0.3, -0.25) is 19.3 Å². The maximum absolute atomic E-state index is 12.3. The molecular weight excluding hydrogens is 334 g/mol. The maximum atomic E-state index is 12.3. The molecule has 0 aliphatic carbocycles. The summed E-state index contributed by atoms with van der Waals surface area (Å²) in [6, 6.07) is 6.73. The van der Waals surface area contributed by atoms with E-state index < -0.39 is 6.04 Å². The van der Waals surface area contributed by atoms with Gasteiger partial charge in [0.15, 0.2) is 0 Å². The summed E-state index contributed by atoms with van der Waals surface area (Å²) >= 11 is 0. The van der Waals surface area contributed by atoms with E-state index in [9.17, 15) is 14.4 Å². The number of amides is 2. The van der Waals surface area contributed by atoms with Crippen LogP contribution in [-0.2, 0) is 16.1 Å². The van der Waals surface area contributed by atoms with Crippen LogP contribution in [-0.4, -0.2) is 51.9 Å². The zero-order valence-corrected chi connectivity index (χ0v) is 14.9. The van der Waals surface area contributed by atoms with Crippen LogP contribution in [0.15, 0.2) is 29.1 Å². The normalized spacial score (nSPS) is 18.1. The van der Waals surface area contributed by atoms with E-state index in [1.165, 1.54) is 0 Å². The third kappa shape index (κ3) is 3.91. The van der Waals surface area contributed by atoms with E-state index in [4.69, 9.17) is 0 Å². The molecule has 0 spiro atoms. The third-order valence-corrected chi connectivity index (χ3v) is 4.53. The van der Waals surface area contributed by atoms with Crippen LogP contribution >= 0.6 is 0 Å². The number of hydrogen-bond acceptors (Lipinski definition) is 5. The number of aromatic nitrogens is 2. The summed E-state index contributed by atoms with van der Waals surface area (Å²) in [5, 5.41) is 6.05. The minimum Gasteiger partial charge on any atom is -0.353 e. The second kappa shape index (κ2) is 7.65. The number of nitrogens with one attached hydrogen (secondary N) is 3. The number of carbonyl (C=O) groups is 2. The lowest BCUT2D eigenvalue weighted by Crippen LogP contribution is -2.58. The molecule has 1 saturated heterocycles. The Kier molecular flexibility index (Phi) is 5.32. The van der Waals surface area contributed by atoms with Gasteiger partial charge < -0.3 is 15.6 Å². The van der Waals surface area contributed by atoms with Gasteiger partial charge in [-0.15, -0.1) is 0 Å². The molecule has 3 rings (SSSR count). The minimum atomic E-state index is -0.479. The molecule has 2 amide bonds. The van der Waals surface area contributed by atoms with Gasteiger partial charge in [0, 0.05) is 19.1 Å². The molecule has 8 nitrogen and oxygen atoms in total. The van der Waals surface area contributed by atoms with E-state index in [2.05, 4.69) is 20.6 Å². The Morgan fingerprint density at radius 1 is 1.35 bits per heavy atom. The van der Waals surface area contributed by atoms with Crippen LogP contribution in [0.4, 0.5) is 0 Å². The molecule has 1 fully saturated rings. The predicted octanol–water partition coefficient (Wildman–Crippen LogP) is 0.138. The van der Waals surface area contributed by atoms with Gasteiger partial charge >= 0.3 is 0 Å². The van der Waals surface area contributed by atoms with Crippen molar-refractivity contribution >= 4 is 22.7 Å². The number of rotatable bonds is 5. The quantitative estimate of drug-likeness (QED) is 0.705. The van der Waals surface area contributed by atoms with E-state index in [0.29, 0.717) is 23.3 Å². The fraction of sp³-hybridized carbons (Fsp3) is 0.444. The average Bonchev–Trinajstić information content (AvgIpc) is 2.61. The number of fused-ring (bicyclic) bond motifs is 1. The Morgan fingerprint density at radius 3 is 2.88 bits per heavy atom. The summed E-state index contributed by atoms with van der Waals surface area (Å²) in [6.45, 7) is 5.44. The van der Waals surface area contributed by atoms with E-state index >= 15 is 0 Å². The molecule has 26 heavy (non-hydrogen) atoms. The standard InChI is InChI=1S/C18H23N5O3/c1-11(2)23-8-7-19-18(26)14(23)9-16(24)20-10-15-21-13-6-4-3-5-12(13)17(25)22-15/h3-6,11,14H,7-10H2,1-2H3,(H,19,26)(H,20,24)(H,21,22,25)/t14-/m0/s1. The van der Waals surface area contributed by atoms with Crippen molar-refractivity contribution in [2.75, 3.05) is 13.1 Å². The average molecular weight is 357 g/mol. The van der Waals surface area contributed by atoms with Crippen molar-refractivity contribution < 1.29 is 9.59 Å². The molecule has 1 atom stereocenters. The first-order valence-corrected chi connectivity index (χ1v) is 8.74. The monoisotopic (exact) mass is 357 g/mol. The number of hydrogen-bond donors (Lipinski definition) is 3. The fourth-order valence-corrected chi connectivity index (χ4v) is 3.21. The summed E-state index contributed by atoms with van der Waals surface area (Å²) in [5.41, 5.74) is 0.343. The number of aromatic amines is 1. The molecule has 3 N–H and O–H groups in total. The van der Waals surface area contributed by atoms with Crippen molar-refractivity contribution in [3.8, 4) is 0 Å². The largest absolute Gasteiger partial charge is 0.353 e. The number of benzene rings is 1. The molecule has 2 aromatic rings. The number of H-pyrrole nitrogens is 1. The van der Waals surface area contributed by atoms with Crippen molar-refractivity contribution in [1.29, 1.82) is 0 Å². The summed E-state index contributed by atoms with van der Waals surface area (Å²) in [4.78, 5) is 45.5. The SMILES string of the molecule is CC(C)N1CCNC(=O)[C@@H]1CC(=O)NCc1nc2ccccc2c(=O)[nH]1. The molecule has 0 radical (unpaired) electrons. The zero-order chi connectivity index (χ0) is 18.7. The number of para-hydroxylation sites is 1. The van der Waals surface area contributed by atoms with Crippen LogP contribution < -0.4 is 16.2 Å². The Labute approximate surface area is 151 Å². The highest BCUT2D eigenvalue weighted by molar-refractivity contribution is 5.88. The predicted molar refractivity (Wildman–Crippen MR) is 97.5 cm³/mol. The van der Waals surface area contributed by atoms with Crippen LogP contribution in [0.3, 0.4) is 0 Å². The van der Waals surface area contributed by atoms with Gasteiger partial charge in [-0.2, -0.15) is 0 Å². The maximum Gasteiger partial charge on any atom is 0.258 e. The van der Waals surface area contributed by atoms with Gasteiger partial charge in [0.05, 0.1) is 29.9 Å². The van der Waals surface area contributed by atoms with E-state index in [0.717, 1.165) is 6.54 Å². The second-order valence-electron chi connectivity index (χ2n) is 6.65. The van der Waals surface area contributed by atoms with Crippen LogP contribution in [0.1, 0.15) is 26.1 Å². The first kappa shape index (κ1) is 18.1. The van der Waals surface area contributed by atoms with Crippen molar-refractivity contribution in [3.63, 3.8) is 0 Å². The van der Waals surface area contributed by atoms with Gasteiger partial charge in [-0.1, -0.05) is 12.1 Å². The first-order chi connectivity index (χ1) is 12.5. The summed E-state index contributed by atoms with van der Waals surface area (Å²) in [6.07, 6.45) is 0.0713. The lowest BCUT2D eigenvalue weighted by atomic mass is 10.1. The summed E-state index contributed by atoms with van der Waals surface area (Å²) in [5.74, 6) is 0.00158. The molecular formula is C18H23N5O3. The Bertz CT molecular complexity index is 877. The lowest BCUT2D eigenvalue weighted by Gasteiger charge is -2.37. The summed E-state index contributed by atoms with van der Waals surface area (Å²) < 4.78 is 0. The molecule has 0 unspecified atom stereocenters. The Morgan fingerprint density at radius 2 is 2.12 bits per heavy atom. The molecule has 1 aromatic heterocycles. The smallest absolute Gasteiger partial charge is 0.258 e. The molecule has 1 aliphatic heterocycles. The highest BCUT2D eigenvalue weighted by Crippen LogP contribution is 2.13. The molecule has 138 valence electrons. The number of carbonyl (C=O) groups excluding carboxylic acids is 2. The van der Waals surface area contributed by atoms with Gasteiger partial charge in [0.25, 0.3) is 5.56 Å². The Hall–Kier alpha value is -2.74. The molecule has 2 heterocycles. The van der Waals surface area contributed by atoms with Gasteiger partial charge in [-0.05, 0) is 26.0 Å². The van der Waals surface area contributed by atoms with Crippen molar-refractivity contribution in [2.45, 2.75) is 38.9 Å². The zero-order valence-electron chi connectivity index (χ0n) is 14.9. The second-order valence-corrected chi connectivity index (χ2v) is 6.65. The fourth-order valence-electron chi connectivity index (χ4n) is 3.21. The van der Waals surface area contributed by atoms with Crippen molar-refractivity contribution in [2.24, 2.45) is 0 Å². The van der Waals surface area contributed by atoms with E-state index in [-0.39, 0.29) is 36.4 Å². The van der Waals surface area contributed by atoms with Crippen LogP contribution in [0.5, 0.6) is 0 Å². The van der Waals surface area contributed by atoms with Crippen LogP contribution in [0.25, 0.3) is 10.9 Å². The molecule has 0 bridgehead atoms. The van der Waals surface area contributed by atoms with Crippen LogP contribution in [0, 0.1) is 0 Å². The third-order valence-electron chi connectivity index (χ3n) is 4.53. The molecule has 1 aliphatic rings. The van der Waals surface area contributed by atoms with Crippen molar-refractivity contribution in [3.05, 3.63) is 40.4 Å². The first-order valence-electron chi connectivity index (χ1n) is 8.74. The van der Waals surface area contributed by atoms with Gasteiger partial charge in [0.2, 0.25) is 11.8 Å². The van der Waals surface area contributed by atoms with Crippen molar-refractivity contribution in [1.82, 2.24) is 25.5 Å². The van der Waals surface area contributed by atoms with Gasteiger partial charge in [0.1, 0.15) is 5.82 Å². The van der Waals surface area contributed by atoms with E-state index in [1.807, 2.05) is 18.7 Å². The highest BCUT2D eigenvalue weighted by atomic mass is 16.2. The minimum absolute atomic E-state index is 0.0713. The number of nitrogens with zero attached hydrogens (tertiary/aromatic N) is 2. The Balaban J connectivity index is 1.65. The lowest BCUT2D eigenvalue weighted by molar-refractivity contribution is -0.134. The highest BCUT2D eigenvalue weighted by Gasteiger charge is 2.32. The van der Waals surface area contributed by atoms with Crippen LogP contribution in [0.2, 0.25) is 0 Å². The number of piperazine rings is 1. The molecule has 8 heteroatoms.